The molecule has 0 saturated carbocycles. The fourth-order valence-corrected chi connectivity index (χ4v) is 1.89. The molecule has 1 unspecified atom stereocenters. The van der Waals surface area contributed by atoms with Crippen molar-refractivity contribution in [3.05, 3.63) is 35.9 Å². The molecule has 110 valence electrons. The Kier molecular flexibility index (Phi) is 6.18. The lowest BCUT2D eigenvalue weighted by atomic mass is 10.1. The first-order valence-electron chi connectivity index (χ1n) is 6.62. The Hall–Kier alpha value is -1.88. The summed E-state index contributed by atoms with van der Waals surface area (Å²) in [6, 6.07) is 8.80. The van der Waals surface area contributed by atoms with Gasteiger partial charge in [0.25, 0.3) is 0 Å². The van der Waals surface area contributed by atoms with Crippen molar-refractivity contribution in [2.45, 2.75) is 32.4 Å². The minimum absolute atomic E-state index is 0.0739. The average Bonchev–Trinajstić information content (AvgIpc) is 2.44. The van der Waals surface area contributed by atoms with E-state index in [9.17, 15) is 9.59 Å². The predicted molar refractivity (Wildman–Crippen MR) is 77.0 cm³/mol. The van der Waals surface area contributed by atoms with Crippen LogP contribution >= 0.6 is 0 Å². The van der Waals surface area contributed by atoms with Crippen molar-refractivity contribution < 1.29 is 14.3 Å². The molecule has 0 aliphatic heterocycles. The van der Waals surface area contributed by atoms with Gasteiger partial charge in [0.15, 0.2) is 0 Å². The summed E-state index contributed by atoms with van der Waals surface area (Å²) in [4.78, 5) is 25.1. The van der Waals surface area contributed by atoms with E-state index in [0.29, 0.717) is 6.42 Å². The number of rotatable bonds is 6. The van der Waals surface area contributed by atoms with Gasteiger partial charge < -0.3 is 15.4 Å². The number of esters is 1. The highest BCUT2D eigenvalue weighted by atomic mass is 16.5. The Labute approximate surface area is 119 Å². The number of ether oxygens (including phenoxy) is 1. The number of amides is 1. The van der Waals surface area contributed by atoms with Gasteiger partial charge >= 0.3 is 5.97 Å². The van der Waals surface area contributed by atoms with Crippen molar-refractivity contribution in [3.8, 4) is 0 Å². The maximum Gasteiger partial charge on any atom is 0.325 e. The normalized spacial score (nSPS) is 12.1. The Morgan fingerprint density at radius 1 is 1.25 bits per heavy atom. The van der Waals surface area contributed by atoms with E-state index in [1.807, 2.05) is 44.2 Å². The summed E-state index contributed by atoms with van der Waals surface area (Å²) >= 11 is 0. The zero-order chi connectivity index (χ0) is 15.1. The molecule has 5 heteroatoms. The third kappa shape index (κ3) is 4.66. The first kappa shape index (κ1) is 16.2. The molecule has 0 aliphatic rings. The number of nitrogens with zero attached hydrogens (tertiary/aromatic N) is 1. The van der Waals surface area contributed by atoms with E-state index < -0.39 is 12.0 Å². The summed E-state index contributed by atoms with van der Waals surface area (Å²) in [5.74, 6) is -0.687. The number of nitrogens with two attached hydrogens (primary N) is 1. The standard InChI is InChI=1S/C15H22N2O3/c1-11(2)17(10-14(18)20-3)15(19)13(16)9-12-7-5-4-6-8-12/h4-8,11,13H,9-10,16H2,1-3H3. The van der Waals surface area contributed by atoms with E-state index in [1.165, 1.54) is 12.0 Å². The van der Waals surface area contributed by atoms with Crippen LogP contribution in [0.2, 0.25) is 0 Å². The maximum atomic E-state index is 12.3. The smallest absolute Gasteiger partial charge is 0.325 e. The molecule has 0 heterocycles. The summed E-state index contributed by atoms with van der Waals surface area (Å²) in [7, 11) is 1.30. The van der Waals surface area contributed by atoms with E-state index in [1.54, 1.807) is 0 Å². The molecular formula is C15H22N2O3. The van der Waals surface area contributed by atoms with Crippen molar-refractivity contribution in [2.24, 2.45) is 5.73 Å². The zero-order valence-corrected chi connectivity index (χ0v) is 12.2. The molecule has 0 spiro atoms. The fraction of sp³-hybridized carbons (Fsp3) is 0.467. The Morgan fingerprint density at radius 2 is 1.85 bits per heavy atom. The molecular weight excluding hydrogens is 256 g/mol. The minimum Gasteiger partial charge on any atom is -0.468 e. The van der Waals surface area contributed by atoms with Crippen LogP contribution in [0.5, 0.6) is 0 Å². The van der Waals surface area contributed by atoms with Gasteiger partial charge in [-0.2, -0.15) is 0 Å². The molecule has 0 saturated heterocycles. The molecule has 0 aliphatic carbocycles. The van der Waals surface area contributed by atoms with Gasteiger partial charge in [-0.3, -0.25) is 9.59 Å². The Balaban J connectivity index is 2.71. The van der Waals surface area contributed by atoms with E-state index in [-0.39, 0.29) is 18.5 Å². The van der Waals surface area contributed by atoms with Crippen LogP contribution in [0, 0.1) is 0 Å². The molecule has 0 bridgehead atoms. The molecule has 0 aromatic heterocycles. The van der Waals surface area contributed by atoms with Crippen LogP contribution in [-0.2, 0) is 20.7 Å². The van der Waals surface area contributed by atoms with Gasteiger partial charge in [0, 0.05) is 6.04 Å². The Morgan fingerprint density at radius 3 is 2.35 bits per heavy atom. The van der Waals surface area contributed by atoms with Crippen molar-refractivity contribution in [2.75, 3.05) is 13.7 Å². The monoisotopic (exact) mass is 278 g/mol. The van der Waals surface area contributed by atoms with Crippen LogP contribution in [0.15, 0.2) is 30.3 Å². The maximum absolute atomic E-state index is 12.3. The molecule has 1 atom stereocenters. The van der Waals surface area contributed by atoms with Crippen LogP contribution < -0.4 is 5.73 Å². The van der Waals surface area contributed by atoms with Crippen LogP contribution in [0.4, 0.5) is 0 Å². The minimum atomic E-state index is -0.663. The largest absolute Gasteiger partial charge is 0.468 e. The number of hydrogen-bond acceptors (Lipinski definition) is 4. The zero-order valence-electron chi connectivity index (χ0n) is 12.2. The highest BCUT2D eigenvalue weighted by Gasteiger charge is 2.25. The second-order valence-electron chi connectivity index (χ2n) is 4.93. The quantitative estimate of drug-likeness (QED) is 0.787. The summed E-state index contributed by atoms with van der Waals surface area (Å²) in [5, 5.41) is 0. The molecule has 1 rings (SSSR count). The number of benzene rings is 1. The van der Waals surface area contributed by atoms with Crippen molar-refractivity contribution in [1.82, 2.24) is 4.90 Å². The molecule has 1 aromatic rings. The molecule has 0 radical (unpaired) electrons. The molecule has 5 nitrogen and oxygen atoms in total. The van der Waals surface area contributed by atoms with Gasteiger partial charge in [0.2, 0.25) is 5.91 Å². The summed E-state index contributed by atoms with van der Waals surface area (Å²) in [6.45, 7) is 3.61. The first-order chi connectivity index (χ1) is 9.45. The van der Waals surface area contributed by atoms with Crippen LogP contribution in [0.1, 0.15) is 19.4 Å². The summed E-state index contributed by atoms with van der Waals surface area (Å²) in [5.41, 5.74) is 6.96. The molecule has 0 fully saturated rings. The van der Waals surface area contributed by atoms with Gasteiger partial charge in [-0.25, -0.2) is 0 Å². The first-order valence-corrected chi connectivity index (χ1v) is 6.62. The lowest BCUT2D eigenvalue weighted by Gasteiger charge is -2.28. The van der Waals surface area contributed by atoms with E-state index in [4.69, 9.17) is 5.73 Å². The number of carbonyl (C=O) groups is 2. The highest BCUT2D eigenvalue weighted by molar-refractivity contribution is 5.86. The van der Waals surface area contributed by atoms with Crippen LogP contribution in [0.25, 0.3) is 0 Å². The van der Waals surface area contributed by atoms with Crippen molar-refractivity contribution in [3.63, 3.8) is 0 Å². The summed E-state index contributed by atoms with van der Waals surface area (Å²) < 4.78 is 4.61. The second kappa shape index (κ2) is 7.65. The van der Waals surface area contributed by atoms with Gasteiger partial charge in [0.1, 0.15) is 6.54 Å². The molecule has 2 N–H and O–H groups in total. The number of methoxy groups -OCH3 is 1. The van der Waals surface area contributed by atoms with Gasteiger partial charge in [0.05, 0.1) is 13.2 Å². The Bertz CT molecular complexity index is 446. The van der Waals surface area contributed by atoms with E-state index in [0.717, 1.165) is 5.56 Å². The lowest BCUT2D eigenvalue weighted by molar-refractivity contribution is -0.148. The number of carbonyl (C=O) groups excluding carboxylic acids is 2. The van der Waals surface area contributed by atoms with E-state index >= 15 is 0 Å². The summed E-state index contributed by atoms with van der Waals surface area (Å²) in [6.07, 6.45) is 0.448. The average molecular weight is 278 g/mol. The fourth-order valence-electron chi connectivity index (χ4n) is 1.89. The third-order valence-electron chi connectivity index (χ3n) is 3.05. The molecule has 1 amide bonds. The SMILES string of the molecule is COC(=O)CN(C(=O)C(N)Cc1ccccc1)C(C)C. The van der Waals surface area contributed by atoms with Crippen LogP contribution in [0.3, 0.4) is 0 Å². The van der Waals surface area contributed by atoms with Gasteiger partial charge in [-0.05, 0) is 25.8 Å². The molecule has 20 heavy (non-hydrogen) atoms. The predicted octanol–water partition coefficient (Wildman–Crippen LogP) is 0.966. The number of hydrogen-bond donors (Lipinski definition) is 1. The van der Waals surface area contributed by atoms with Crippen molar-refractivity contribution in [1.29, 1.82) is 0 Å². The molecule has 1 aromatic carbocycles. The van der Waals surface area contributed by atoms with Gasteiger partial charge in [-0.15, -0.1) is 0 Å². The van der Waals surface area contributed by atoms with E-state index in [2.05, 4.69) is 4.74 Å². The van der Waals surface area contributed by atoms with Gasteiger partial charge in [-0.1, -0.05) is 30.3 Å². The topological polar surface area (TPSA) is 72.6 Å². The van der Waals surface area contributed by atoms with Crippen LogP contribution in [-0.4, -0.2) is 42.5 Å². The third-order valence-corrected chi connectivity index (χ3v) is 3.05. The highest BCUT2D eigenvalue weighted by Crippen LogP contribution is 2.07. The lowest BCUT2D eigenvalue weighted by Crippen LogP contribution is -2.49. The van der Waals surface area contributed by atoms with Crippen molar-refractivity contribution >= 4 is 11.9 Å². The second-order valence-corrected chi connectivity index (χ2v) is 4.93.